The van der Waals surface area contributed by atoms with Gasteiger partial charge in [0.15, 0.2) is 0 Å². The molecule has 162 valence electrons. The maximum absolute atomic E-state index is 12.2. The molecule has 0 aliphatic heterocycles. The highest BCUT2D eigenvalue weighted by molar-refractivity contribution is 7.89. The van der Waals surface area contributed by atoms with Crippen LogP contribution >= 0.6 is 0 Å². The topological polar surface area (TPSA) is 140 Å². The minimum absolute atomic E-state index is 0.0198. The van der Waals surface area contributed by atoms with Gasteiger partial charge in [-0.25, -0.2) is 17.9 Å². The number of benzene rings is 2. The number of alkyl halides is 3. The lowest BCUT2D eigenvalue weighted by molar-refractivity contribution is -0.385. The van der Waals surface area contributed by atoms with E-state index < -0.39 is 38.8 Å². The number of hydrogen-bond donors (Lipinski definition) is 3. The zero-order valence-corrected chi connectivity index (χ0v) is 15.8. The van der Waals surface area contributed by atoms with Gasteiger partial charge in [0.25, 0.3) is 5.69 Å². The molecule has 0 spiro atoms. The predicted molar refractivity (Wildman–Crippen MR) is 98.4 cm³/mol. The van der Waals surface area contributed by atoms with Gasteiger partial charge >= 0.3 is 12.4 Å². The first-order chi connectivity index (χ1) is 14.0. The van der Waals surface area contributed by atoms with Crippen LogP contribution < -0.4 is 20.1 Å². The molecular formula is C16H15F3N4O6S. The third-order valence-electron chi connectivity index (χ3n) is 3.37. The zero-order chi connectivity index (χ0) is 22.4. The molecule has 0 atom stereocenters. The molecule has 2 rings (SSSR count). The second-order valence-electron chi connectivity index (χ2n) is 5.61. The third kappa shape index (κ3) is 7.21. The van der Waals surface area contributed by atoms with Crippen molar-refractivity contribution in [3.8, 4) is 5.75 Å². The van der Waals surface area contributed by atoms with Gasteiger partial charge in [0, 0.05) is 37.0 Å². The second kappa shape index (κ2) is 9.41. The highest BCUT2D eigenvalue weighted by Crippen LogP contribution is 2.25. The SMILES string of the molecule is O=C(NCCNS(=O)(=O)c1cccc([N+](=O)[O-])c1)Nc1cccc(OC(F)(F)F)c1. The Balaban J connectivity index is 1.84. The maximum Gasteiger partial charge on any atom is 0.573 e. The van der Waals surface area contributed by atoms with E-state index in [0.717, 1.165) is 24.3 Å². The Morgan fingerprint density at radius 2 is 1.80 bits per heavy atom. The average Bonchev–Trinajstić information content (AvgIpc) is 2.64. The zero-order valence-electron chi connectivity index (χ0n) is 15.0. The third-order valence-corrected chi connectivity index (χ3v) is 4.83. The number of nitrogens with zero attached hydrogens (tertiary/aromatic N) is 1. The van der Waals surface area contributed by atoms with Gasteiger partial charge in [0.1, 0.15) is 5.75 Å². The largest absolute Gasteiger partial charge is 0.573 e. The van der Waals surface area contributed by atoms with Crippen LogP contribution in [0.4, 0.5) is 29.3 Å². The number of carbonyl (C=O) groups excluding carboxylic acids is 1. The summed E-state index contributed by atoms with van der Waals surface area (Å²) in [6.07, 6.45) is -4.88. The van der Waals surface area contributed by atoms with Crippen molar-refractivity contribution in [1.29, 1.82) is 0 Å². The van der Waals surface area contributed by atoms with Crippen LogP contribution in [0.5, 0.6) is 5.75 Å². The van der Waals surface area contributed by atoms with Crippen LogP contribution in [0.25, 0.3) is 0 Å². The van der Waals surface area contributed by atoms with Crippen molar-refractivity contribution in [2.75, 3.05) is 18.4 Å². The molecule has 0 fully saturated rings. The summed E-state index contributed by atoms with van der Waals surface area (Å²) < 4.78 is 66.8. The number of non-ortho nitro benzene ring substituents is 1. The summed E-state index contributed by atoms with van der Waals surface area (Å²) in [5, 5.41) is 15.3. The number of amides is 2. The van der Waals surface area contributed by atoms with Gasteiger partial charge in [-0.3, -0.25) is 10.1 Å². The number of carbonyl (C=O) groups is 1. The summed E-state index contributed by atoms with van der Waals surface area (Å²) in [6, 6.07) is 8.20. The number of nitrogens with one attached hydrogen (secondary N) is 3. The van der Waals surface area contributed by atoms with Gasteiger partial charge in [-0.05, 0) is 18.2 Å². The molecule has 0 unspecified atom stereocenters. The Morgan fingerprint density at radius 3 is 2.47 bits per heavy atom. The Hall–Kier alpha value is -3.39. The number of nitro benzene ring substituents is 1. The van der Waals surface area contributed by atoms with E-state index in [4.69, 9.17) is 0 Å². The predicted octanol–water partition coefficient (Wildman–Crippen LogP) is 2.59. The van der Waals surface area contributed by atoms with E-state index in [1.54, 1.807) is 0 Å². The molecular weight excluding hydrogens is 433 g/mol. The van der Waals surface area contributed by atoms with Crippen molar-refractivity contribution in [3.63, 3.8) is 0 Å². The van der Waals surface area contributed by atoms with E-state index in [1.807, 2.05) is 0 Å². The number of anilines is 1. The van der Waals surface area contributed by atoms with Crippen LogP contribution in [-0.4, -0.2) is 38.8 Å². The summed E-state index contributed by atoms with van der Waals surface area (Å²) in [5.41, 5.74) is -0.376. The van der Waals surface area contributed by atoms with Gasteiger partial charge in [0.05, 0.1) is 9.82 Å². The van der Waals surface area contributed by atoms with Crippen molar-refractivity contribution in [3.05, 3.63) is 58.6 Å². The fourth-order valence-corrected chi connectivity index (χ4v) is 3.23. The van der Waals surface area contributed by atoms with Gasteiger partial charge < -0.3 is 15.4 Å². The molecule has 0 aliphatic rings. The van der Waals surface area contributed by atoms with Crippen LogP contribution in [0.1, 0.15) is 0 Å². The first-order valence-electron chi connectivity index (χ1n) is 8.11. The fraction of sp³-hybridized carbons (Fsp3) is 0.188. The van der Waals surface area contributed by atoms with Crippen LogP contribution in [0.15, 0.2) is 53.4 Å². The lowest BCUT2D eigenvalue weighted by Gasteiger charge is -2.11. The molecule has 10 nitrogen and oxygen atoms in total. The molecule has 0 aromatic heterocycles. The molecule has 2 aromatic rings. The number of nitro groups is 1. The number of urea groups is 1. The standard InChI is InChI=1S/C16H15F3N4O6S/c17-16(18,19)29-13-5-1-3-11(9-13)22-15(24)20-7-8-21-30(27,28)14-6-2-4-12(10-14)23(25)26/h1-6,9-10,21H,7-8H2,(H2,20,22,24). The molecule has 0 aliphatic carbocycles. The Morgan fingerprint density at radius 1 is 1.10 bits per heavy atom. The van der Waals surface area contributed by atoms with Crippen LogP contribution in [0.3, 0.4) is 0 Å². The average molecular weight is 448 g/mol. The lowest BCUT2D eigenvalue weighted by Crippen LogP contribution is -2.36. The van der Waals surface area contributed by atoms with E-state index in [2.05, 4.69) is 20.1 Å². The van der Waals surface area contributed by atoms with Crippen LogP contribution in [-0.2, 0) is 10.0 Å². The van der Waals surface area contributed by atoms with E-state index >= 15 is 0 Å². The van der Waals surface area contributed by atoms with Crippen LogP contribution in [0.2, 0.25) is 0 Å². The van der Waals surface area contributed by atoms with Crippen molar-refractivity contribution in [2.45, 2.75) is 11.3 Å². The number of rotatable bonds is 8. The van der Waals surface area contributed by atoms with E-state index in [-0.39, 0.29) is 23.7 Å². The van der Waals surface area contributed by atoms with Gasteiger partial charge in [-0.1, -0.05) is 12.1 Å². The molecule has 14 heteroatoms. The first-order valence-corrected chi connectivity index (χ1v) is 9.59. The number of hydrogen-bond acceptors (Lipinski definition) is 6. The Bertz CT molecular complexity index is 1030. The Labute approximate surface area is 168 Å². The molecule has 0 saturated carbocycles. The number of sulfonamides is 1. The summed E-state index contributed by atoms with van der Waals surface area (Å²) >= 11 is 0. The van der Waals surface area contributed by atoms with Gasteiger partial charge in [0.2, 0.25) is 10.0 Å². The molecule has 0 bridgehead atoms. The fourth-order valence-electron chi connectivity index (χ4n) is 2.16. The van der Waals surface area contributed by atoms with Gasteiger partial charge in [-0.2, -0.15) is 0 Å². The minimum Gasteiger partial charge on any atom is -0.406 e. The monoisotopic (exact) mass is 448 g/mol. The lowest BCUT2D eigenvalue weighted by atomic mass is 10.3. The van der Waals surface area contributed by atoms with E-state index in [1.165, 1.54) is 24.3 Å². The molecule has 0 heterocycles. The van der Waals surface area contributed by atoms with Crippen LogP contribution in [0, 0.1) is 10.1 Å². The molecule has 2 aromatic carbocycles. The normalized spacial score (nSPS) is 11.6. The van der Waals surface area contributed by atoms with Gasteiger partial charge in [-0.15, -0.1) is 13.2 Å². The second-order valence-corrected chi connectivity index (χ2v) is 7.38. The Kier molecular flexibility index (Phi) is 7.18. The van der Waals surface area contributed by atoms with E-state index in [0.29, 0.717) is 0 Å². The smallest absolute Gasteiger partial charge is 0.406 e. The summed E-state index contributed by atoms with van der Waals surface area (Å²) in [6.45, 7) is -0.408. The van der Waals surface area contributed by atoms with Crippen molar-refractivity contribution in [2.24, 2.45) is 0 Å². The number of halogens is 3. The summed E-state index contributed by atoms with van der Waals surface area (Å²) in [5.74, 6) is -0.523. The molecule has 0 saturated heterocycles. The molecule has 0 radical (unpaired) electrons. The minimum atomic E-state index is -4.88. The van der Waals surface area contributed by atoms with Crippen molar-refractivity contribution >= 4 is 27.4 Å². The summed E-state index contributed by atoms with van der Waals surface area (Å²) in [7, 11) is -4.05. The van der Waals surface area contributed by atoms with Crippen molar-refractivity contribution in [1.82, 2.24) is 10.0 Å². The first kappa shape index (κ1) is 22.9. The highest BCUT2D eigenvalue weighted by atomic mass is 32.2. The maximum atomic E-state index is 12.2. The molecule has 2 amide bonds. The molecule has 30 heavy (non-hydrogen) atoms. The highest BCUT2D eigenvalue weighted by Gasteiger charge is 2.31. The van der Waals surface area contributed by atoms with Crippen molar-refractivity contribution < 1.29 is 36.0 Å². The summed E-state index contributed by atoms with van der Waals surface area (Å²) in [4.78, 5) is 21.5. The quantitative estimate of drug-likeness (QED) is 0.322. The van der Waals surface area contributed by atoms with E-state index in [9.17, 15) is 36.5 Å². The molecule has 3 N–H and O–H groups in total. The number of ether oxygens (including phenoxy) is 1.